The SMILES string of the molecule is C[C@H](C(=O)N1CCN(C/C=C/c2ccccc2)CC1)n1nc(C2CC2)ccc1=O. The molecule has 1 aromatic carbocycles. The van der Waals surface area contributed by atoms with Crippen LogP contribution in [0, 0.1) is 0 Å². The predicted octanol–water partition coefficient (Wildman–Crippen LogP) is 2.54. The number of carbonyl (C=O) groups is 1. The van der Waals surface area contributed by atoms with E-state index in [0.717, 1.165) is 38.2 Å². The van der Waals surface area contributed by atoms with Gasteiger partial charge in [0.1, 0.15) is 6.04 Å². The molecule has 0 spiro atoms. The lowest BCUT2D eigenvalue weighted by Crippen LogP contribution is -2.51. The second kappa shape index (κ2) is 8.74. The third-order valence-corrected chi connectivity index (χ3v) is 5.72. The Bertz CT molecular complexity index is 925. The molecule has 0 bridgehead atoms. The molecule has 2 heterocycles. The summed E-state index contributed by atoms with van der Waals surface area (Å²) in [5.41, 5.74) is 1.92. The van der Waals surface area contributed by atoms with Crippen molar-refractivity contribution < 1.29 is 4.79 Å². The maximum Gasteiger partial charge on any atom is 0.267 e. The number of aromatic nitrogens is 2. The van der Waals surface area contributed by atoms with E-state index in [4.69, 9.17) is 0 Å². The van der Waals surface area contributed by atoms with Crippen molar-refractivity contribution in [3.63, 3.8) is 0 Å². The Kier molecular flexibility index (Phi) is 5.90. The minimum absolute atomic E-state index is 0.0213. The second-order valence-corrected chi connectivity index (χ2v) is 7.93. The molecule has 2 fully saturated rings. The number of rotatable bonds is 6. The molecule has 1 atom stereocenters. The fourth-order valence-electron chi connectivity index (χ4n) is 3.74. The van der Waals surface area contributed by atoms with E-state index in [1.165, 1.54) is 10.2 Å². The lowest BCUT2D eigenvalue weighted by atomic mass is 10.2. The van der Waals surface area contributed by atoms with Crippen LogP contribution in [0.15, 0.2) is 53.3 Å². The van der Waals surface area contributed by atoms with Crippen LogP contribution in [0.2, 0.25) is 0 Å². The molecule has 1 aliphatic heterocycles. The lowest BCUT2D eigenvalue weighted by molar-refractivity contribution is -0.136. The van der Waals surface area contributed by atoms with Crippen LogP contribution in [0.25, 0.3) is 6.08 Å². The Morgan fingerprint density at radius 3 is 2.52 bits per heavy atom. The first kappa shape index (κ1) is 19.6. The van der Waals surface area contributed by atoms with E-state index >= 15 is 0 Å². The molecule has 6 nitrogen and oxygen atoms in total. The third-order valence-electron chi connectivity index (χ3n) is 5.72. The quantitative estimate of drug-likeness (QED) is 0.758. The van der Waals surface area contributed by atoms with Gasteiger partial charge in [-0.15, -0.1) is 0 Å². The van der Waals surface area contributed by atoms with Crippen molar-refractivity contribution in [2.75, 3.05) is 32.7 Å². The molecule has 0 unspecified atom stereocenters. The Balaban J connectivity index is 1.31. The van der Waals surface area contributed by atoms with Gasteiger partial charge in [0.25, 0.3) is 5.56 Å². The molecular formula is C23H28N4O2. The van der Waals surface area contributed by atoms with Crippen LogP contribution < -0.4 is 5.56 Å². The zero-order valence-corrected chi connectivity index (χ0v) is 16.9. The Morgan fingerprint density at radius 1 is 1.10 bits per heavy atom. The summed E-state index contributed by atoms with van der Waals surface area (Å²) in [7, 11) is 0. The summed E-state index contributed by atoms with van der Waals surface area (Å²) >= 11 is 0. The van der Waals surface area contributed by atoms with E-state index in [-0.39, 0.29) is 11.5 Å². The number of piperazine rings is 1. The molecule has 2 aliphatic rings. The van der Waals surface area contributed by atoms with E-state index in [2.05, 4.69) is 34.3 Å². The van der Waals surface area contributed by atoms with Crippen LogP contribution in [-0.4, -0.2) is 58.2 Å². The number of hydrogen-bond acceptors (Lipinski definition) is 4. The molecule has 1 aromatic heterocycles. The Labute approximate surface area is 171 Å². The van der Waals surface area contributed by atoms with E-state index in [9.17, 15) is 9.59 Å². The van der Waals surface area contributed by atoms with Gasteiger partial charge in [-0.1, -0.05) is 42.5 Å². The summed E-state index contributed by atoms with van der Waals surface area (Å²) < 4.78 is 1.37. The molecule has 1 saturated heterocycles. The summed E-state index contributed by atoms with van der Waals surface area (Å²) in [5, 5.41) is 4.47. The van der Waals surface area contributed by atoms with Gasteiger partial charge >= 0.3 is 0 Å². The molecule has 4 rings (SSSR count). The van der Waals surface area contributed by atoms with Gasteiger partial charge in [0.15, 0.2) is 0 Å². The van der Waals surface area contributed by atoms with Gasteiger partial charge in [0, 0.05) is 44.7 Å². The molecule has 29 heavy (non-hydrogen) atoms. The van der Waals surface area contributed by atoms with Crippen molar-refractivity contribution in [3.8, 4) is 0 Å². The minimum Gasteiger partial charge on any atom is -0.338 e. The highest BCUT2D eigenvalue weighted by molar-refractivity contribution is 5.80. The summed E-state index contributed by atoms with van der Waals surface area (Å²) in [5.74, 6) is 0.434. The molecule has 0 N–H and O–H groups in total. The smallest absolute Gasteiger partial charge is 0.267 e. The number of nitrogens with zero attached hydrogens (tertiary/aromatic N) is 4. The third kappa shape index (κ3) is 4.82. The van der Waals surface area contributed by atoms with Gasteiger partial charge in [-0.3, -0.25) is 14.5 Å². The second-order valence-electron chi connectivity index (χ2n) is 7.93. The fraction of sp³-hybridized carbons (Fsp3) is 0.435. The Morgan fingerprint density at radius 2 is 1.83 bits per heavy atom. The predicted molar refractivity (Wildman–Crippen MR) is 114 cm³/mol. The maximum absolute atomic E-state index is 12.9. The van der Waals surface area contributed by atoms with E-state index in [1.54, 1.807) is 19.1 Å². The molecule has 1 aliphatic carbocycles. The van der Waals surface area contributed by atoms with E-state index in [1.807, 2.05) is 23.1 Å². The number of carbonyl (C=O) groups excluding carboxylic acids is 1. The highest BCUT2D eigenvalue weighted by Gasteiger charge is 2.29. The van der Waals surface area contributed by atoms with Gasteiger partial charge in [-0.25, -0.2) is 4.68 Å². The lowest BCUT2D eigenvalue weighted by Gasteiger charge is -2.35. The standard InChI is InChI=1S/C23H28N4O2/c1-18(27-22(28)12-11-21(24-27)20-9-10-20)23(29)26-16-14-25(15-17-26)13-5-8-19-6-3-2-4-7-19/h2-8,11-12,18,20H,9-10,13-17H2,1H3/b8-5+/t18-/m1/s1. The zero-order chi connectivity index (χ0) is 20.2. The van der Waals surface area contributed by atoms with Crippen molar-refractivity contribution in [2.24, 2.45) is 0 Å². The van der Waals surface area contributed by atoms with Crippen LogP contribution in [0.4, 0.5) is 0 Å². The highest BCUT2D eigenvalue weighted by atomic mass is 16.2. The monoisotopic (exact) mass is 392 g/mol. The molecule has 2 aromatic rings. The van der Waals surface area contributed by atoms with Crippen molar-refractivity contribution in [3.05, 3.63) is 70.2 Å². The summed E-state index contributed by atoms with van der Waals surface area (Å²) in [6.45, 7) is 5.68. The summed E-state index contributed by atoms with van der Waals surface area (Å²) in [6, 6.07) is 13.0. The first-order chi connectivity index (χ1) is 14.1. The van der Waals surface area contributed by atoms with Crippen LogP contribution in [0.3, 0.4) is 0 Å². The van der Waals surface area contributed by atoms with Crippen molar-refractivity contribution in [1.82, 2.24) is 19.6 Å². The number of amides is 1. The average molecular weight is 393 g/mol. The average Bonchev–Trinajstić information content (AvgIpc) is 3.60. The van der Waals surface area contributed by atoms with Crippen molar-refractivity contribution >= 4 is 12.0 Å². The number of benzene rings is 1. The first-order valence-corrected chi connectivity index (χ1v) is 10.4. The molecule has 0 radical (unpaired) electrons. The first-order valence-electron chi connectivity index (χ1n) is 10.4. The molecule has 1 saturated carbocycles. The normalized spacial score (nSPS) is 18.9. The molecule has 6 heteroatoms. The van der Waals surface area contributed by atoms with Gasteiger partial charge in [-0.05, 0) is 31.4 Å². The largest absolute Gasteiger partial charge is 0.338 e. The van der Waals surface area contributed by atoms with E-state index in [0.29, 0.717) is 19.0 Å². The van der Waals surface area contributed by atoms with E-state index < -0.39 is 6.04 Å². The maximum atomic E-state index is 12.9. The van der Waals surface area contributed by atoms with Crippen LogP contribution in [0.5, 0.6) is 0 Å². The van der Waals surface area contributed by atoms with Crippen LogP contribution in [-0.2, 0) is 4.79 Å². The fourth-order valence-corrected chi connectivity index (χ4v) is 3.74. The zero-order valence-electron chi connectivity index (χ0n) is 16.9. The minimum atomic E-state index is -0.564. The highest BCUT2D eigenvalue weighted by Crippen LogP contribution is 2.38. The van der Waals surface area contributed by atoms with Gasteiger partial charge in [-0.2, -0.15) is 5.10 Å². The van der Waals surface area contributed by atoms with Crippen molar-refractivity contribution in [1.29, 1.82) is 0 Å². The number of hydrogen-bond donors (Lipinski definition) is 0. The van der Waals surface area contributed by atoms with Crippen LogP contribution in [0.1, 0.15) is 43.0 Å². The van der Waals surface area contributed by atoms with Crippen LogP contribution >= 0.6 is 0 Å². The summed E-state index contributed by atoms with van der Waals surface area (Å²) in [6.07, 6.45) is 6.54. The Hall–Kier alpha value is -2.73. The topological polar surface area (TPSA) is 58.4 Å². The molecular weight excluding hydrogens is 364 g/mol. The van der Waals surface area contributed by atoms with Gasteiger partial charge in [0.2, 0.25) is 5.91 Å². The molecule has 152 valence electrons. The van der Waals surface area contributed by atoms with Gasteiger partial charge in [0.05, 0.1) is 5.69 Å². The summed E-state index contributed by atoms with van der Waals surface area (Å²) in [4.78, 5) is 29.4. The van der Waals surface area contributed by atoms with Crippen molar-refractivity contribution in [2.45, 2.75) is 31.7 Å². The molecule has 1 amide bonds. The van der Waals surface area contributed by atoms with Gasteiger partial charge < -0.3 is 4.90 Å².